The lowest BCUT2D eigenvalue weighted by Crippen LogP contribution is -2.57. The van der Waals surface area contributed by atoms with Crippen LogP contribution in [0.5, 0.6) is 0 Å². The van der Waals surface area contributed by atoms with Crippen molar-refractivity contribution < 1.29 is 19.0 Å². The molecule has 2 aliphatic rings. The molecule has 0 radical (unpaired) electrons. The van der Waals surface area contributed by atoms with Gasteiger partial charge in [-0.15, -0.1) is 0 Å². The molecule has 2 rings (SSSR count). The number of carbonyl (C=O) groups is 1. The average Bonchev–Trinajstić information content (AvgIpc) is 3.24. The summed E-state index contributed by atoms with van der Waals surface area (Å²) in [6.45, 7) is 4.93. The van der Waals surface area contributed by atoms with Gasteiger partial charge in [-0.3, -0.25) is 0 Å². The number of carbonyl (C=O) groups excluding carboxylic acids is 1. The third kappa shape index (κ3) is 3.84. The largest absolute Gasteiger partial charge is 0.382 e. The van der Waals surface area contributed by atoms with Gasteiger partial charge in [0.25, 0.3) is 0 Å². The second-order valence-electron chi connectivity index (χ2n) is 5.91. The van der Waals surface area contributed by atoms with E-state index in [9.17, 15) is 4.79 Å². The molecular formula is C14H26N2O4. The Bertz CT molecular complexity index is 329. The molecule has 0 spiro atoms. The summed E-state index contributed by atoms with van der Waals surface area (Å²) in [7, 11) is 3.24. The van der Waals surface area contributed by atoms with Crippen molar-refractivity contribution in [2.75, 3.05) is 47.1 Å². The maximum Gasteiger partial charge on any atom is 0.317 e. The lowest BCUT2D eigenvalue weighted by atomic mass is 9.98. The fraction of sp³-hybridized carbons (Fsp3) is 0.929. The van der Waals surface area contributed by atoms with Crippen molar-refractivity contribution in [3.05, 3.63) is 0 Å². The van der Waals surface area contributed by atoms with E-state index in [4.69, 9.17) is 14.2 Å². The molecule has 1 aliphatic heterocycles. The number of nitrogens with one attached hydrogen (secondary N) is 1. The second-order valence-corrected chi connectivity index (χ2v) is 5.91. The smallest absolute Gasteiger partial charge is 0.317 e. The summed E-state index contributed by atoms with van der Waals surface area (Å²) in [5.74, 6) is 0.604. The monoisotopic (exact) mass is 286 g/mol. The van der Waals surface area contributed by atoms with E-state index in [1.807, 2.05) is 4.90 Å². The number of morpholine rings is 1. The van der Waals surface area contributed by atoms with Crippen molar-refractivity contribution in [3.63, 3.8) is 0 Å². The molecule has 20 heavy (non-hydrogen) atoms. The molecule has 6 heteroatoms. The van der Waals surface area contributed by atoms with E-state index >= 15 is 0 Å². The fourth-order valence-electron chi connectivity index (χ4n) is 2.81. The summed E-state index contributed by atoms with van der Waals surface area (Å²) < 4.78 is 16.1. The molecular weight excluding hydrogens is 260 g/mol. The first kappa shape index (κ1) is 15.5. The lowest BCUT2D eigenvalue weighted by molar-refractivity contribution is -0.0992. The highest BCUT2D eigenvalue weighted by Crippen LogP contribution is 2.43. The highest BCUT2D eigenvalue weighted by Gasteiger charge is 2.46. The van der Waals surface area contributed by atoms with Crippen LogP contribution in [0.4, 0.5) is 4.79 Å². The number of amides is 2. The summed E-state index contributed by atoms with van der Waals surface area (Å²) in [4.78, 5) is 14.2. The van der Waals surface area contributed by atoms with Gasteiger partial charge in [0.1, 0.15) is 0 Å². The van der Waals surface area contributed by atoms with Crippen LogP contribution in [0, 0.1) is 5.92 Å². The van der Waals surface area contributed by atoms with Gasteiger partial charge in [-0.05, 0) is 25.7 Å². The highest BCUT2D eigenvalue weighted by molar-refractivity contribution is 5.74. The number of rotatable bonds is 6. The normalized spacial score (nSPS) is 26.9. The van der Waals surface area contributed by atoms with Crippen LogP contribution in [0.25, 0.3) is 0 Å². The zero-order valence-electron chi connectivity index (χ0n) is 12.7. The minimum absolute atomic E-state index is 0.0562. The van der Waals surface area contributed by atoms with Crippen molar-refractivity contribution in [1.29, 1.82) is 0 Å². The first-order valence-electron chi connectivity index (χ1n) is 7.26. The predicted octanol–water partition coefficient (Wildman–Crippen LogP) is 0.858. The van der Waals surface area contributed by atoms with Crippen molar-refractivity contribution >= 4 is 6.03 Å². The van der Waals surface area contributed by atoms with Gasteiger partial charge in [-0.2, -0.15) is 0 Å². The summed E-state index contributed by atoms with van der Waals surface area (Å²) >= 11 is 0. The van der Waals surface area contributed by atoms with Gasteiger partial charge >= 0.3 is 6.03 Å². The summed E-state index contributed by atoms with van der Waals surface area (Å²) in [6, 6.07) is -0.174. The van der Waals surface area contributed by atoms with Crippen LogP contribution in [-0.2, 0) is 14.2 Å². The van der Waals surface area contributed by atoms with Gasteiger partial charge in [0.05, 0.1) is 38.0 Å². The van der Waals surface area contributed by atoms with Gasteiger partial charge in [0.2, 0.25) is 0 Å². The summed E-state index contributed by atoms with van der Waals surface area (Å²) in [6.07, 6.45) is 2.42. The molecule has 6 nitrogen and oxygen atoms in total. The molecule has 1 unspecified atom stereocenters. The first-order chi connectivity index (χ1) is 9.59. The van der Waals surface area contributed by atoms with Crippen LogP contribution in [0.3, 0.4) is 0 Å². The molecule has 0 aromatic heterocycles. The third-order valence-electron chi connectivity index (χ3n) is 4.09. The number of ether oxygens (including phenoxy) is 3. The molecule has 1 saturated carbocycles. The van der Waals surface area contributed by atoms with Crippen LogP contribution in [0.15, 0.2) is 0 Å². The number of hydrogen-bond donors (Lipinski definition) is 1. The number of urea groups is 1. The molecule has 116 valence electrons. The molecule has 1 atom stereocenters. The minimum atomic E-state index is -0.173. The molecule has 0 aromatic carbocycles. The van der Waals surface area contributed by atoms with Crippen molar-refractivity contribution in [1.82, 2.24) is 10.2 Å². The Kier molecular flexibility index (Phi) is 5.23. The van der Waals surface area contributed by atoms with Crippen molar-refractivity contribution in [2.45, 2.75) is 31.4 Å². The summed E-state index contributed by atoms with van der Waals surface area (Å²) in [5, 5.41) is 2.97. The maximum absolute atomic E-state index is 12.3. The molecule has 2 amide bonds. The fourth-order valence-corrected chi connectivity index (χ4v) is 2.81. The standard InChI is InChI=1S/C14H26N2O4/c1-14(11-4-5-11)10-16(6-7-20-14)13(17)15-12(8-18-2)9-19-3/h11-12H,4-10H2,1-3H3,(H,15,17). The number of nitrogens with zero attached hydrogens (tertiary/aromatic N) is 1. The zero-order valence-corrected chi connectivity index (χ0v) is 12.7. The molecule has 0 aromatic rings. The number of methoxy groups -OCH3 is 2. The molecule has 1 heterocycles. The van der Waals surface area contributed by atoms with Gasteiger partial charge in [0.15, 0.2) is 0 Å². The molecule has 1 N–H and O–H groups in total. The van der Waals surface area contributed by atoms with Crippen LogP contribution in [-0.4, -0.2) is 69.7 Å². The Balaban J connectivity index is 1.87. The van der Waals surface area contributed by atoms with Gasteiger partial charge in [0, 0.05) is 20.8 Å². The molecule has 1 saturated heterocycles. The van der Waals surface area contributed by atoms with Gasteiger partial charge in [-0.25, -0.2) is 4.79 Å². The summed E-state index contributed by atoms with van der Waals surface area (Å²) in [5.41, 5.74) is -0.173. The van der Waals surface area contributed by atoms with Crippen LogP contribution >= 0.6 is 0 Å². The Morgan fingerprint density at radius 1 is 1.40 bits per heavy atom. The average molecular weight is 286 g/mol. The van der Waals surface area contributed by atoms with Crippen molar-refractivity contribution in [2.24, 2.45) is 5.92 Å². The molecule has 2 fully saturated rings. The maximum atomic E-state index is 12.3. The molecule has 1 aliphatic carbocycles. The third-order valence-corrected chi connectivity index (χ3v) is 4.09. The Hall–Kier alpha value is -0.850. The van der Waals surface area contributed by atoms with E-state index in [-0.39, 0.29) is 17.7 Å². The van der Waals surface area contributed by atoms with Crippen LogP contribution in [0.1, 0.15) is 19.8 Å². The zero-order chi connectivity index (χ0) is 14.6. The van der Waals surface area contributed by atoms with E-state index in [1.165, 1.54) is 12.8 Å². The van der Waals surface area contributed by atoms with E-state index in [0.717, 1.165) is 0 Å². The lowest BCUT2D eigenvalue weighted by Gasteiger charge is -2.41. The Morgan fingerprint density at radius 3 is 2.60 bits per heavy atom. The minimum Gasteiger partial charge on any atom is -0.382 e. The molecule has 0 bridgehead atoms. The predicted molar refractivity (Wildman–Crippen MR) is 74.7 cm³/mol. The second kappa shape index (κ2) is 6.74. The van der Waals surface area contributed by atoms with E-state index in [2.05, 4.69) is 12.2 Å². The van der Waals surface area contributed by atoms with E-state index in [0.29, 0.717) is 38.8 Å². The Morgan fingerprint density at radius 2 is 2.05 bits per heavy atom. The SMILES string of the molecule is COCC(COC)NC(=O)N1CCOC(C)(C2CC2)C1. The Labute approximate surface area is 120 Å². The van der Waals surface area contributed by atoms with E-state index < -0.39 is 0 Å². The van der Waals surface area contributed by atoms with Crippen molar-refractivity contribution in [3.8, 4) is 0 Å². The topological polar surface area (TPSA) is 60.0 Å². The van der Waals surface area contributed by atoms with E-state index in [1.54, 1.807) is 14.2 Å². The first-order valence-corrected chi connectivity index (χ1v) is 7.26. The van der Waals surface area contributed by atoms with Gasteiger partial charge < -0.3 is 24.4 Å². The highest BCUT2D eigenvalue weighted by atomic mass is 16.5. The quantitative estimate of drug-likeness (QED) is 0.787. The van der Waals surface area contributed by atoms with Gasteiger partial charge in [-0.1, -0.05) is 0 Å². The van der Waals surface area contributed by atoms with Crippen LogP contribution < -0.4 is 5.32 Å². The number of hydrogen-bond acceptors (Lipinski definition) is 4. The van der Waals surface area contributed by atoms with Crippen LogP contribution in [0.2, 0.25) is 0 Å².